The van der Waals surface area contributed by atoms with Gasteiger partial charge in [0.15, 0.2) is 0 Å². The summed E-state index contributed by atoms with van der Waals surface area (Å²) in [7, 11) is 0. The minimum Gasteiger partial charge on any atom is -0.506 e. The van der Waals surface area contributed by atoms with Crippen molar-refractivity contribution in [3.05, 3.63) is 43.7 Å². The average Bonchev–Trinajstić information content (AvgIpc) is 2.45. The van der Waals surface area contributed by atoms with Gasteiger partial charge in [0.2, 0.25) is 0 Å². The van der Waals surface area contributed by atoms with Crippen LogP contribution in [0.15, 0.2) is 16.9 Å². The fourth-order valence-corrected chi connectivity index (χ4v) is 2.10. The maximum atomic E-state index is 12.0. The first-order valence-electron chi connectivity index (χ1n) is 6.26. The molecule has 0 unspecified atom stereocenters. The zero-order valence-electron chi connectivity index (χ0n) is 11.7. The Morgan fingerprint density at radius 1 is 1.39 bits per heavy atom. The van der Waals surface area contributed by atoms with E-state index in [1.165, 1.54) is 13.0 Å². The molecule has 0 aliphatic rings. The number of aromatic hydroxyl groups is 1. The number of carbonyl (C=O) groups is 2. The van der Waals surface area contributed by atoms with Crippen LogP contribution in [0.3, 0.4) is 0 Å². The Morgan fingerprint density at radius 3 is 2.61 bits per heavy atom. The molecule has 0 spiro atoms. The van der Waals surface area contributed by atoms with E-state index in [1.54, 1.807) is 0 Å². The Balaban J connectivity index is 2.68. The lowest BCUT2D eigenvalue weighted by Crippen LogP contribution is -2.33. The first-order valence-corrected chi connectivity index (χ1v) is 6.26. The van der Waals surface area contributed by atoms with Crippen LogP contribution in [0.5, 0.6) is 5.75 Å². The molecule has 0 saturated heterocycles. The van der Waals surface area contributed by atoms with Gasteiger partial charge < -0.3 is 20.5 Å². The molecule has 120 valence electrons. The molecular weight excluding hydrogens is 310 g/mol. The van der Waals surface area contributed by atoms with Crippen molar-refractivity contribution in [1.82, 2.24) is 10.3 Å². The zero-order chi connectivity index (χ0) is 17.3. The number of rotatable bonds is 4. The average molecular weight is 321 g/mol. The van der Waals surface area contributed by atoms with Crippen molar-refractivity contribution in [2.45, 2.75) is 6.92 Å². The molecule has 4 N–H and O–H groups in total. The van der Waals surface area contributed by atoms with Gasteiger partial charge in [-0.2, -0.15) is 0 Å². The largest absolute Gasteiger partial charge is 0.506 e. The van der Waals surface area contributed by atoms with E-state index in [1.807, 2.05) is 5.32 Å². The molecule has 1 amide bonds. The molecule has 0 bridgehead atoms. The quantitative estimate of drug-likeness (QED) is 0.463. The highest BCUT2D eigenvalue weighted by molar-refractivity contribution is 6.03. The topological polar surface area (TPSA) is 163 Å². The van der Waals surface area contributed by atoms with Gasteiger partial charge in [0.25, 0.3) is 17.2 Å². The zero-order valence-corrected chi connectivity index (χ0v) is 11.7. The summed E-state index contributed by atoms with van der Waals surface area (Å²) in [5.74, 6) is -3.18. The SMILES string of the molecule is Cc1cc([N+](=O)[O-])cc2c(O)c(C(=O)NCC(=O)O)c(=O)[nH]c12. The van der Waals surface area contributed by atoms with Crippen LogP contribution < -0.4 is 10.9 Å². The number of carboxylic acids is 1. The number of hydrogen-bond acceptors (Lipinski definition) is 6. The lowest BCUT2D eigenvalue weighted by Gasteiger charge is -2.09. The van der Waals surface area contributed by atoms with Gasteiger partial charge >= 0.3 is 5.97 Å². The van der Waals surface area contributed by atoms with Gasteiger partial charge in [-0.3, -0.25) is 24.5 Å². The molecule has 1 aromatic heterocycles. The number of hydrogen-bond donors (Lipinski definition) is 4. The van der Waals surface area contributed by atoms with Gasteiger partial charge in [0, 0.05) is 17.5 Å². The van der Waals surface area contributed by atoms with E-state index >= 15 is 0 Å². The molecule has 0 radical (unpaired) electrons. The number of non-ortho nitro benzene ring substituents is 1. The van der Waals surface area contributed by atoms with Gasteiger partial charge in [-0.1, -0.05) is 0 Å². The minimum atomic E-state index is -1.33. The number of pyridine rings is 1. The Labute approximate surface area is 127 Å². The predicted molar refractivity (Wildman–Crippen MR) is 77.6 cm³/mol. The van der Waals surface area contributed by atoms with E-state index in [-0.39, 0.29) is 16.6 Å². The van der Waals surface area contributed by atoms with Crippen LogP contribution in [0.4, 0.5) is 5.69 Å². The van der Waals surface area contributed by atoms with Gasteiger partial charge in [-0.25, -0.2) is 0 Å². The molecule has 0 fully saturated rings. The summed E-state index contributed by atoms with van der Waals surface area (Å²) >= 11 is 0. The van der Waals surface area contributed by atoms with E-state index in [4.69, 9.17) is 5.11 Å². The molecule has 0 aliphatic heterocycles. The molecule has 0 aliphatic carbocycles. The van der Waals surface area contributed by atoms with E-state index in [2.05, 4.69) is 4.98 Å². The molecule has 0 atom stereocenters. The third-order valence-electron chi connectivity index (χ3n) is 3.12. The molecule has 2 aromatic rings. The normalized spacial score (nSPS) is 10.5. The van der Waals surface area contributed by atoms with Gasteiger partial charge in [0.1, 0.15) is 17.9 Å². The summed E-state index contributed by atoms with van der Waals surface area (Å²) in [4.78, 5) is 46.8. The minimum absolute atomic E-state index is 0.0863. The highest BCUT2D eigenvalue weighted by atomic mass is 16.6. The lowest BCUT2D eigenvalue weighted by molar-refractivity contribution is -0.384. The Morgan fingerprint density at radius 2 is 2.04 bits per heavy atom. The molecule has 1 aromatic carbocycles. The van der Waals surface area contributed by atoms with Crippen molar-refractivity contribution in [2.75, 3.05) is 6.54 Å². The molecule has 0 saturated carbocycles. The highest BCUT2D eigenvalue weighted by Gasteiger charge is 2.22. The number of carboxylic acid groups (broad SMARTS) is 1. The van der Waals surface area contributed by atoms with Crippen LogP contribution in [-0.4, -0.2) is 38.5 Å². The fourth-order valence-electron chi connectivity index (χ4n) is 2.10. The van der Waals surface area contributed by atoms with Crippen molar-refractivity contribution in [1.29, 1.82) is 0 Å². The number of aryl methyl sites for hydroxylation is 1. The summed E-state index contributed by atoms with van der Waals surface area (Å²) in [6, 6.07) is 2.23. The Bertz CT molecular complexity index is 901. The second-order valence-corrected chi connectivity index (χ2v) is 4.70. The van der Waals surface area contributed by atoms with E-state index in [9.17, 15) is 29.6 Å². The van der Waals surface area contributed by atoms with E-state index in [0.717, 1.165) is 6.07 Å². The first kappa shape index (κ1) is 15.9. The summed E-state index contributed by atoms with van der Waals surface area (Å²) in [6.07, 6.45) is 0. The molecule has 23 heavy (non-hydrogen) atoms. The molecule has 2 rings (SSSR count). The molecular formula is C13H11N3O7. The number of carbonyl (C=O) groups excluding carboxylic acids is 1. The number of nitrogens with zero attached hydrogens (tertiary/aromatic N) is 1. The summed E-state index contributed by atoms with van der Waals surface area (Å²) in [5.41, 5.74) is -1.49. The number of nitrogens with one attached hydrogen (secondary N) is 2. The van der Waals surface area contributed by atoms with Crippen LogP contribution in [0.2, 0.25) is 0 Å². The second-order valence-electron chi connectivity index (χ2n) is 4.70. The van der Waals surface area contributed by atoms with Crippen molar-refractivity contribution < 1.29 is 24.7 Å². The number of fused-ring (bicyclic) bond motifs is 1. The highest BCUT2D eigenvalue weighted by Crippen LogP contribution is 2.30. The van der Waals surface area contributed by atoms with Crippen molar-refractivity contribution in [3.63, 3.8) is 0 Å². The predicted octanol–water partition coefficient (Wildman–Crippen LogP) is 0.265. The van der Waals surface area contributed by atoms with Crippen molar-refractivity contribution >= 4 is 28.5 Å². The van der Waals surface area contributed by atoms with Gasteiger partial charge in [0.05, 0.1) is 10.4 Å². The van der Waals surface area contributed by atoms with Crippen molar-refractivity contribution in [3.8, 4) is 5.75 Å². The number of H-pyrrole nitrogens is 1. The van der Waals surface area contributed by atoms with Crippen molar-refractivity contribution in [2.24, 2.45) is 0 Å². The van der Waals surface area contributed by atoms with Crippen LogP contribution in [-0.2, 0) is 4.79 Å². The number of nitro benzene ring substituents is 1. The third kappa shape index (κ3) is 2.95. The number of amides is 1. The van der Waals surface area contributed by atoms with E-state index < -0.39 is 40.2 Å². The molecule has 10 nitrogen and oxygen atoms in total. The summed E-state index contributed by atoms with van der Waals surface area (Å²) in [5, 5.41) is 31.4. The number of benzene rings is 1. The second kappa shape index (κ2) is 5.75. The monoisotopic (exact) mass is 321 g/mol. The van der Waals surface area contributed by atoms with Crippen LogP contribution in [0.25, 0.3) is 10.9 Å². The maximum absolute atomic E-state index is 12.0. The lowest BCUT2D eigenvalue weighted by atomic mass is 10.1. The number of nitro groups is 1. The third-order valence-corrected chi connectivity index (χ3v) is 3.12. The van der Waals surface area contributed by atoms with Crippen LogP contribution >= 0.6 is 0 Å². The molecule has 1 heterocycles. The van der Waals surface area contributed by atoms with E-state index in [0.29, 0.717) is 5.56 Å². The number of aromatic amines is 1. The maximum Gasteiger partial charge on any atom is 0.322 e. The summed E-state index contributed by atoms with van der Waals surface area (Å²) < 4.78 is 0. The first-order chi connectivity index (χ1) is 10.7. The standard InChI is InChI=1S/C13H11N3O7/c1-5-2-6(16(22)23)3-7-10(5)15-13(21)9(11(7)19)12(20)14-4-8(17)18/h2-3H,4H2,1H3,(H,14,20)(H,17,18)(H2,15,19,21). The smallest absolute Gasteiger partial charge is 0.322 e. The number of aliphatic carboxylic acids is 1. The summed E-state index contributed by atoms with van der Waals surface area (Å²) in [6.45, 7) is 0.749. The fraction of sp³-hybridized carbons (Fsp3) is 0.154. The molecule has 10 heteroatoms. The van der Waals surface area contributed by atoms with Gasteiger partial charge in [-0.05, 0) is 12.5 Å². The Hall–Kier alpha value is -3.43. The van der Waals surface area contributed by atoms with Crippen LogP contribution in [0, 0.1) is 17.0 Å². The number of aromatic nitrogens is 1. The Kier molecular flexibility index (Phi) is 3.99. The van der Waals surface area contributed by atoms with Gasteiger partial charge in [-0.15, -0.1) is 0 Å². The van der Waals surface area contributed by atoms with Crippen LogP contribution in [0.1, 0.15) is 15.9 Å².